The Morgan fingerprint density at radius 2 is 2.12 bits per heavy atom. The van der Waals surface area contributed by atoms with Gasteiger partial charge in [0.15, 0.2) is 11.6 Å². The van der Waals surface area contributed by atoms with Crippen molar-refractivity contribution in [3.63, 3.8) is 0 Å². The molecule has 1 N–H and O–H groups in total. The summed E-state index contributed by atoms with van der Waals surface area (Å²) in [5.41, 5.74) is -0.197. The van der Waals surface area contributed by atoms with Crippen molar-refractivity contribution in [2.45, 2.75) is 13.3 Å². The molecule has 0 aliphatic carbocycles. The van der Waals surface area contributed by atoms with Gasteiger partial charge in [0.05, 0.1) is 11.3 Å². The predicted molar refractivity (Wildman–Crippen MR) is 59.0 cm³/mol. The number of rotatable bonds is 4. The fourth-order valence-electron chi connectivity index (χ4n) is 1.23. The highest BCUT2D eigenvalue weighted by Gasteiger charge is 2.12. The lowest BCUT2D eigenvalue weighted by Crippen LogP contribution is -2.04. The summed E-state index contributed by atoms with van der Waals surface area (Å²) < 4.78 is 26.5. The molecule has 1 aromatic carbocycles. The molecule has 4 heteroatoms. The molecule has 0 fully saturated rings. The molecule has 0 radical (unpaired) electrons. The Morgan fingerprint density at radius 1 is 1.38 bits per heavy atom. The molecule has 0 atom stereocenters. The van der Waals surface area contributed by atoms with Crippen LogP contribution in [0.5, 0.6) is 0 Å². The molecule has 0 saturated carbocycles. The number of nitrogens with one attached hydrogen (secondary N) is 1. The topological polar surface area (TPSA) is 35.8 Å². The quantitative estimate of drug-likeness (QED) is 0.627. The monoisotopic (exact) mass is 222 g/mol. The molecule has 0 aliphatic rings. The van der Waals surface area contributed by atoms with Gasteiger partial charge in [-0.1, -0.05) is 12.2 Å². The van der Waals surface area contributed by atoms with Crippen molar-refractivity contribution >= 4 is 5.69 Å². The summed E-state index contributed by atoms with van der Waals surface area (Å²) in [7, 11) is 0. The van der Waals surface area contributed by atoms with E-state index < -0.39 is 11.6 Å². The van der Waals surface area contributed by atoms with Crippen LogP contribution in [0.25, 0.3) is 0 Å². The van der Waals surface area contributed by atoms with E-state index in [-0.39, 0.29) is 11.3 Å². The van der Waals surface area contributed by atoms with Crippen LogP contribution in [0, 0.1) is 23.0 Å². The van der Waals surface area contributed by atoms with Gasteiger partial charge in [0.25, 0.3) is 0 Å². The molecule has 0 bridgehead atoms. The van der Waals surface area contributed by atoms with Gasteiger partial charge >= 0.3 is 0 Å². The first-order valence-electron chi connectivity index (χ1n) is 4.93. The van der Waals surface area contributed by atoms with Crippen LogP contribution in [0.3, 0.4) is 0 Å². The Kier molecular flexibility index (Phi) is 4.46. The van der Waals surface area contributed by atoms with E-state index in [2.05, 4.69) is 5.32 Å². The van der Waals surface area contributed by atoms with Gasteiger partial charge in [0, 0.05) is 6.54 Å². The van der Waals surface area contributed by atoms with Crippen molar-refractivity contribution in [3.05, 3.63) is 41.5 Å². The van der Waals surface area contributed by atoms with Crippen molar-refractivity contribution in [1.82, 2.24) is 0 Å². The van der Waals surface area contributed by atoms with Crippen molar-refractivity contribution in [2.75, 3.05) is 11.9 Å². The average Bonchev–Trinajstić information content (AvgIpc) is 2.30. The van der Waals surface area contributed by atoms with Crippen molar-refractivity contribution in [2.24, 2.45) is 0 Å². The van der Waals surface area contributed by atoms with Gasteiger partial charge in [-0.25, -0.2) is 8.78 Å². The summed E-state index contributed by atoms with van der Waals surface area (Å²) in [6.07, 6.45) is 4.54. The second-order valence-corrected chi connectivity index (χ2v) is 3.18. The first-order valence-corrected chi connectivity index (χ1v) is 4.93. The Morgan fingerprint density at radius 3 is 2.75 bits per heavy atom. The maximum Gasteiger partial charge on any atom is 0.183 e. The third-order valence-electron chi connectivity index (χ3n) is 2.06. The Balaban J connectivity index is 2.76. The smallest absolute Gasteiger partial charge is 0.183 e. The van der Waals surface area contributed by atoms with Crippen LogP contribution < -0.4 is 5.32 Å². The Labute approximate surface area is 93.2 Å². The lowest BCUT2D eigenvalue weighted by Gasteiger charge is -2.07. The van der Waals surface area contributed by atoms with Gasteiger partial charge in [-0.2, -0.15) is 5.26 Å². The number of benzene rings is 1. The van der Waals surface area contributed by atoms with Gasteiger partial charge < -0.3 is 5.32 Å². The maximum absolute atomic E-state index is 13.4. The molecule has 84 valence electrons. The van der Waals surface area contributed by atoms with Crippen LogP contribution >= 0.6 is 0 Å². The molecule has 16 heavy (non-hydrogen) atoms. The van der Waals surface area contributed by atoms with Gasteiger partial charge in [0.2, 0.25) is 0 Å². The summed E-state index contributed by atoms with van der Waals surface area (Å²) >= 11 is 0. The number of anilines is 1. The van der Waals surface area contributed by atoms with E-state index >= 15 is 0 Å². The highest BCUT2D eigenvalue weighted by Crippen LogP contribution is 2.19. The summed E-state index contributed by atoms with van der Waals surface area (Å²) in [5.74, 6) is -2.10. The lowest BCUT2D eigenvalue weighted by molar-refractivity contribution is 0.508. The molecule has 0 spiro atoms. The summed E-state index contributed by atoms with van der Waals surface area (Å²) in [4.78, 5) is 0. The molecule has 0 heterocycles. The van der Waals surface area contributed by atoms with Crippen LogP contribution in [-0.2, 0) is 0 Å². The molecular weight excluding hydrogens is 210 g/mol. The summed E-state index contributed by atoms with van der Waals surface area (Å²) in [5, 5.41) is 11.3. The normalized spacial score (nSPS) is 10.4. The standard InChI is InChI=1S/C12H12F2N2/c1-2-3-4-7-16-10-6-5-9(8-15)11(13)12(10)14/h2-3,5-6,16H,4,7H2,1H3/b3-2+. The van der Waals surface area contributed by atoms with E-state index in [1.807, 2.05) is 19.1 Å². The van der Waals surface area contributed by atoms with Crippen LogP contribution in [0.15, 0.2) is 24.3 Å². The van der Waals surface area contributed by atoms with Crippen molar-refractivity contribution < 1.29 is 8.78 Å². The van der Waals surface area contributed by atoms with E-state index in [0.29, 0.717) is 6.54 Å². The zero-order valence-electron chi connectivity index (χ0n) is 8.93. The third kappa shape index (κ3) is 2.80. The van der Waals surface area contributed by atoms with Gasteiger partial charge in [-0.15, -0.1) is 0 Å². The Hall–Kier alpha value is -1.89. The minimum Gasteiger partial charge on any atom is -0.382 e. The van der Waals surface area contributed by atoms with E-state index in [0.717, 1.165) is 6.42 Å². The van der Waals surface area contributed by atoms with Crippen molar-refractivity contribution in [1.29, 1.82) is 5.26 Å². The first-order chi connectivity index (χ1) is 7.70. The van der Waals surface area contributed by atoms with E-state index in [9.17, 15) is 8.78 Å². The van der Waals surface area contributed by atoms with Crippen LogP contribution in [0.4, 0.5) is 14.5 Å². The molecule has 1 rings (SSSR count). The molecule has 1 aromatic rings. The predicted octanol–water partition coefficient (Wildman–Crippen LogP) is 3.21. The highest BCUT2D eigenvalue weighted by molar-refractivity contribution is 5.49. The van der Waals surface area contributed by atoms with Gasteiger partial charge in [-0.05, 0) is 25.5 Å². The third-order valence-corrected chi connectivity index (χ3v) is 2.06. The number of allylic oxidation sites excluding steroid dienone is 1. The molecule has 0 unspecified atom stereocenters. The fraction of sp³-hybridized carbons (Fsp3) is 0.250. The molecule has 0 saturated heterocycles. The SMILES string of the molecule is C/C=C/CCNc1ccc(C#N)c(F)c1F. The van der Waals surface area contributed by atoms with E-state index in [1.165, 1.54) is 12.1 Å². The molecule has 0 amide bonds. The number of nitrogens with zero attached hydrogens (tertiary/aromatic N) is 1. The number of nitriles is 1. The minimum absolute atomic E-state index is 0.0843. The van der Waals surface area contributed by atoms with Crippen molar-refractivity contribution in [3.8, 4) is 6.07 Å². The molecule has 0 aromatic heterocycles. The molecule has 2 nitrogen and oxygen atoms in total. The van der Waals surface area contributed by atoms with Gasteiger partial charge in [-0.3, -0.25) is 0 Å². The zero-order chi connectivity index (χ0) is 12.0. The average molecular weight is 222 g/mol. The second-order valence-electron chi connectivity index (χ2n) is 3.18. The van der Waals surface area contributed by atoms with E-state index in [4.69, 9.17) is 5.26 Å². The largest absolute Gasteiger partial charge is 0.382 e. The Bertz CT molecular complexity index is 433. The maximum atomic E-state index is 13.4. The number of halogens is 2. The highest BCUT2D eigenvalue weighted by atomic mass is 19.2. The fourth-order valence-corrected chi connectivity index (χ4v) is 1.23. The minimum atomic E-state index is -1.10. The number of hydrogen-bond donors (Lipinski definition) is 1. The molecular formula is C12H12F2N2. The second kappa shape index (κ2) is 5.86. The van der Waals surface area contributed by atoms with Crippen LogP contribution in [0.1, 0.15) is 18.9 Å². The van der Waals surface area contributed by atoms with Crippen LogP contribution in [0.2, 0.25) is 0 Å². The van der Waals surface area contributed by atoms with Crippen LogP contribution in [-0.4, -0.2) is 6.54 Å². The van der Waals surface area contributed by atoms with E-state index in [1.54, 1.807) is 6.07 Å². The number of hydrogen-bond acceptors (Lipinski definition) is 2. The summed E-state index contributed by atoms with van der Waals surface area (Å²) in [6, 6.07) is 4.21. The molecule has 0 aliphatic heterocycles. The summed E-state index contributed by atoms with van der Waals surface area (Å²) in [6.45, 7) is 2.41. The zero-order valence-corrected chi connectivity index (χ0v) is 8.93. The lowest BCUT2D eigenvalue weighted by atomic mass is 10.2. The van der Waals surface area contributed by atoms with Gasteiger partial charge in [0.1, 0.15) is 6.07 Å². The first kappa shape index (κ1) is 12.2.